The van der Waals surface area contributed by atoms with E-state index in [1.54, 1.807) is 39.0 Å². The Morgan fingerprint density at radius 1 is 0.964 bits per heavy atom. The van der Waals surface area contributed by atoms with E-state index in [2.05, 4.69) is 0 Å². The monoisotopic (exact) mass is 393 g/mol. The molecule has 154 valence electrons. The van der Waals surface area contributed by atoms with E-state index in [-0.39, 0.29) is 24.6 Å². The summed E-state index contributed by atoms with van der Waals surface area (Å²) >= 11 is 0. The third kappa shape index (κ3) is 4.39. The summed E-state index contributed by atoms with van der Waals surface area (Å²) in [5, 5.41) is 20.5. The number of hydrogen-bond donors (Lipinski definition) is 2. The quantitative estimate of drug-likeness (QED) is 0.722. The average molecular weight is 393 g/mol. The van der Waals surface area contributed by atoms with Gasteiger partial charge in [-0.05, 0) is 44.5 Å². The first-order valence-electron chi connectivity index (χ1n) is 9.03. The molecule has 2 rings (SSSR count). The molecule has 0 aliphatic rings. The lowest BCUT2D eigenvalue weighted by Gasteiger charge is -2.14. The molecule has 0 amide bonds. The Bertz CT molecular complexity index is 798. The number of aryl methyl sites for hydroxylation is 1. The maximum absolute atomic E-state index is 12.3. The molecule has 0 unspecified atom stereocenters. The number of benzene rings is 1. The summed E-state index contributed by atoms with van der Waals surface area (Å²) in [6.45, 7) is 9.10. The number of rotatable bonds is 6. The highest BCUT2D eigenvalue weighted by molar-refractivity contribution is 6.00. The van der Waals surface area contributed by atoms with Crippen LogP contribution < -0.4 is 4.74 Å². The van der Waals surface area contributed by atoms with Crippen LogP contribution in [0.3, 0.4) is 0 Å². The van der Waals surface area contributed by atoms with Gasteiger partial charge in [-0.1, -0.05) is 13.8 Å². The molecule has 0 saturated heterocycles. The van der Waals surface area contributed by atoms with Crippen LogP contribution in [-0.2, 0) is 9.47 Å². The van der Waals surface area contributed by atoms with E-state index >= 15 is 0 Å². The van der Waals surface area contributed by atoms with Gasteiger partial charge < -0.3 is 24.4 Å². The summed E-state index contributed by atoms with van der Waals surface area (Å²) < 4.78 is 16.2. The van der Waals surface area contributed by atoms with Crippen LogP contribution in [0.1, 0.15) is 54.2 Å². The Morgan fingerprint density at radius 3 is 1.79 bits per heavy atom. The molecule has 8 heteroatoms. The molecule has 0 saturated carbocycles. The van der Waals surface area contributed by atoms with Crippen molar-refractivity contribution < 1.29 is 34.0 Å². The normalized spacial score (nSPS) is 9.93. The molecular formula is C20H27NO7. The number of ether oxygens (including phenoxy) is 3. The number of aromatic nitrogens is 1. The highest BCUT2D eigenvalue weighted by Gasteiger charge is 2.33. The second-order valence-electron chi connectivity index (χ2n) is 5.32. The largest absolute Gasteiger partial charge is 0.503 e. The first-order chi connectivity index (χ1) is 13.4. The third-order valence-corrected chi connectivity index (χ3v) is 3.69. The van der Waals surface area contributed by atoms with E-state index < -0.39 is 23.4 Å². The Hall–Kier alpha value is -3.16. The van der Waals surface area contributed by atoms with Crippen LogP contribution in [-0.4, -0.2) is 47.0 Å². The molecule has 28 heavy (non-hydrogen) atoms. The fourth-order valence-corrected chi connectivity index (χ4v) is 2.58. The van der Waals surface area contributed by atoms with Crippen molar-refractivity contribution in [3.8, 4) is 22.9 Å². The van der Waals surface area contributed by atoms with E-state index in [9.17, 15) is 19.8 Å². The van der Waals surface area contributed by atoms with Crippen molar-refractivity contribution in [2.24, 2.45) is 0 Å². The molecule has 1 aromatic carbocycles. The van der Waals surface area contributed by atoms with Gasteiger partial charge in [0, 0.05) is 5.69 Å². The Balaban J connectivity index is 0.00000190. The van der Waals surface area contributed by atoms with Gasteiger partial charge in [-0.15, -0.1) is 0 Å². The Morgan fingerprint density at radius 2 is 1.43 bits per heavy atom. The van der Waals surface area contributed by atoms with Gasteiger partial charge in [0.1, 0.15) is 5.75 Å². The van der Waals surface area contributed by atoms with Crippen molar-refractivity contribution in [1.82, 2.24) is 4.57 Å². The first-order valence-corrected chi connectivity index (χ1v) is 9.03. The van der Waals surface area contributed by atoms with E-state index in [1.165, 1.54) is 7.11 Å². The van der Waals surface area contributed by atoms with Crippen molar-refractivity contribution in [2.75, 3.05) is 20.3 Å². The van der Waals surface area contributed by atoms with Crippen LogP contribution in [0.25, 0.3) is 5.69 Å². The standard InChI is InChI=1S/C18H21NO7.C2H6/c1-5-25-17(22)13-15(20)16(21)14(18(23)26-6-2)19(13)11-7-8-12(24-4)10(3)9-11;1-2/h7-9,20-21H,5-6H2,1-4H3;1-2H3. The SMILES string of the molecule is CC.CCOC(=O)c1c(O)c(O)c(C(=O)OCC)n1-c1ccc(OC)c(C)c1. The zero-order chi connectivity index (χ0) is 21.4. The molecule has 2 N–H and O–H groups in total. The van der Waals surface area contributed by atoms with Crippen molar-refractivity contribution in [1.29, 1.82) is 0 Å². The van der Waals surface area contributed by atoms with Crippen molar-refractivity contribution in [3.63, 3.8) is 0 Å². The highest BCUT2D eigenvalue weighted by Crippen LogP contribution is 2.39. The Labute approximate surface area is 164 Å². The summed E-state index contributed by atoms with van der Waals surface area (Å²) in [7, 11) is 1.52. The maximum atomic E-state index is 12.3. The lowest BCUT2D eigenvalue weighted by molar-refractivity contribution is 0.0507. The van der Waals surface area contributed by atoms with Crippen LogP contribution in [0.5, 0.6) is 17.2 Å². The predicted molar refractivity (Wildman–Crippen MR) is 104 cm³/mol. The molecule has 0 atom stereocenters. The molecule has 0 aliphatic heterocycles. The van der Waals surface area contributed by atoms with E-state index in [0.717, 1.165) is 10.1 Å². The van der Waals surface area contributed by atoms with Gasteiger partial charge in [0.25, 0.3) is 0 Å². The van der Waals surface area contributed by atoms with Gasteiger partial charge in [0.05, 0.1) is 20.3 Å². The average Bonchev–Trinajstić information content (AvgIpc) is 2.95. The van der Waals surface area contributed by atoms with Crippen LogP contribution in [0.4, 0.5) is 0 Å². The lowest BCUT2D eigenvalue weighted by Crippen LogP contribution is -2.17. The molecule has 2 aromatic rings. The predicted octanol–water partition coefficient (Wildman–Crippen LogP) is 3.59. The smallest absolute Gasteiger partial charge is 0.359 e. The minimum atomic E-state index is -0.885. The maximum Gasteiger partial charge on any atom is 0.359 e. The molecule has 0 radical (unpaired) electrons. The highest BCUT2D eigenvalue weighted by atomic mass is 16.5. The summed E-state index contributed by atoms with van der Waals surface area (Å²) in [5.41, 5.74) is 0.348. The minimum Gasteiger partial charge on any atom is -0.503 e. The lowest BCUT2D eigenvalue weighted by atomic mass is 10.2. The zero-order valence-electron chi connectivity index (χ0n) is 17.0. The summed E-state index contributed by atoms with van der Waals surface area (Å²) in [5.74, 6) is -2.67. The molecule has 0 aliphatic carbocycles. The zero-order valence-corrected chi connectivity index (χ0v) is 17.0. The van der Waals surface area contributed by atoms with Gasteiger partial charge >= 0.3 is 11.9 Å². The second-order valence-corrected chi connectivity index (χ2v) is 5.32. The molecule has 1 aromatic heterocycles. The molecule has 0 spiro atoms. The number of nitrogens with zero attached hydrogens (tertiary/aromatic N) is 1. The summed E-state index contributed by atoms with van der Waals surface area (Å²) in [6.07, 6.45) is 0. The first kappa shape index (κ1) is 22.9. The van der Waals surface area contributed by atoms with Crippen LogP contribution in [0, 0.1) is 6.92 Å². The fourth-order valence-electron chi connectivity index (χ4n) is 2.58. The van der Waals surface area contributed by atoms with Crippen molar-refractivity contribution >= 4 is 11.9 Å². The van der Waals surface area contributed by atoms with Crippen molar-refractivity contribution in [2.45, 2.75) is 34.6 Å². The number of carbonyl (C=O) groups excluding carboxylic acids is 2. The van der Waals surface area contributed by atoms with Crippen molar-refractivity contribution in [3.05, 3.63) is 35.2 Å². The molecular weight excluding hydrogens is 366 g/mol. The van der Waals surface area contributed by atoms with E-state index in [0.29, 0.717) is 11.4 Å². The fraction of sp³-hybridized carbons (Fsp3) is 0.400. The van der Waals surface area contributed by atoms with Gasteiger partial charge in [-0.3, -0.25) is 4.57 Å². The molecule has 8 nitrogen and oxygen atoms in total. The molecule has 1 heterocycles. The summed E-state index contributed by atoms with van der Waals surface area (Å²) in [6, 6.07) is 4.86. The van der Waals surface area contributed by atoms with Crippen LogP contribution in [0.15, 0.2) is 18.2 Å². The number of carbonyl (C=O) groups is 2. The van der Waals surface area contributed by atoms with Gasteiger partial charge in [0.2, 0.25) is 0 Å². The topological polar surface area (TPSA) is 107 Å². The second kappa shape index (κ2) is 10.2. The summed E-state index contributed by atoms with van der Waals surface area (Å²) in [4.78, 5) is 24.6. The van der Waals surface area contributed by atoms with E-state index in [4.69, 9.17) is 14.2 Å². The van der Waals surface area contributed by atoms with Gasteiger partial charge in [-0.2, -0.15) is 0 Å². The van der Waals surface area contributed by atoms with E-state index in [1.807, 2.05) is 13.8 Å². The number of hydrogen-bond acceptors (Lipinski definition) is 7. The minimum absolute atomic E-state index is 0.0561. The number of aromatic hydroxyl groups is 2. The number of esters is 2. The van der Waals surface area contributed by atoms with Gasteiger partial charge in [0.15, 0.2) is 22.9 Å². The molecule has 0 bridgehead atoms. The third-order valence-electron chi connectivity index (χ3n) is 3.69. The van der Waals surface area contributed by atoms with Gasteiger partial charge in [-0.25, -0.2) is 9.59 Å². The van der Waals surface area contributed by atoms with Crippen LogP contribution >= 0.6 is 0 Å². The number of methoxy groups -OCH3 is 1. The van der Waals surface area contributed by atoms with Crippen LogP contribution in [0.2, 0.25) is 0 Å². The Kier molecular flexibility index (Phi) is 8.37. The molecule has 0 fully saturated rings.